The van der Waals surface area contributed by atoms with Gasteiger partial charge < -0.3 is 14.8 Å². The summed E-state index contributed by atoms with van der Waals surface area (Å²) in [7, 11) is 2.04. The second kappa shape index (κ2) is 8.06. The predicted octanol–water partition coefficient (Wildman–Crippen LogP) is 2.74. The van der Waals surface area contributed by atoms with Gasteiger partial charge in [-0.05, 0) is 53.0 Å². The molecule has 102 valence electrons. The maximum atomic E-state index is 5.96. The highest BCUT2D eigenvalue weighted by Crippen LogP contribution is 2.21. The minimum Gasteiger partial charge on any atom is -0.378 e. The Labute approximate surface area is 106 Å². The van der Waals surface area contributed by atoms with Gasteiger partial charge >= 0.3 is 0 Å². The molecule has 0 aromatic rings. The summed E-state index contributed by atoms with van der Waals surface area (Å²) in [5.41, 5.74) is 0. The van der Waals surface area contributed by atoms with Gasteiger partial charge in [-0.2, -0.15) is 0 Å². The zero-order valence-electron chi connectivity index (χ0n) is 11.9. The van der Waals surface area contributed by atoms with Gasteiger partial charge in [-0.15, -0.1) is 0 Å². The highest BCUT2D eigenvalue weighted by atomic mass is 16.5. The summed E-state index contributed by atoms with van der Waals surface area (Å²) >= 11 is 0. The van der Waals surface area contributed by atoms with E-state index in [1.54, 1.807) is 0 Å². The molecule has 0 amide bonds. The number of rotatable bonds is 7. The van der Waals surface area contributed by atoms with Crippen LogP contribution in [0.3, 0.4) is 0 Å². The zero-order valence-corrected chi connectivity index (χ0v) is 11.9. The number of hydrogen-bond acceptors (Lipinski definition) is 3. The molecule has 0 aliphatic carbocycles. The van der Waals surface area contributed by atoms with Crippen LogP contribution in [-0.4, -0.2) is 38.0 Å². The van der Waals surface area contributed by atoms with E-state index in [1.807, 2.05) is 7.05 Å². The lowest BCUT2D eigenvalue weighted by Gasteiger charge is -2.32. The van der Waals surface area contributed by atoms with Crippen molar-refractivity contribution in [1.29, 1.82) is 0 Å². The molecule has 0 saturated carbocycles. The van der Waals surface area contributed by atoms with Crippen LogP contribution in [0, 0.1) is 0 Å². The Morgan fingerprint density at radius 1 is 1.29 bits per heavy atom. The van der Waals surface area contributed by atoms with Crippen molar-refractivity contribution >= 4 is 0 Å². The summed E-state index contributed by atoms with van der Waals surface area (Å²) in [4.78, 5) is 0. The Hall–Kier alpha value is -0.120. The standard InChI is InChI=1S/C14H29NO2/c1-5-13(15-4)7-6-8-16-14-9-11(2)17-12(3)10-14/h11-15H,5-10H2,1-4H3. The Kier molecular flexibility index (Phi) is 7.09. The smallest absolute Gasteiger partial charge is 0.0624 e. The molecule has 1 aliphatic rings. The first-order valence-corrected chi connectivity index (χ1v) is 7.10. The molecule has 0 aromatic carbocycles. The van der Waals surface area contributed by atoms with Crippen LogP contribution in [0.15, 0.2) is 0 Å². The van der Waals surface area contributed by atoms with E-state index in [9.17, 15) is 0 Å². The predicted molar refractivity (Wildman–Crippen MR) is 71.4 cm³/mol. The van der Waals surface area contributed by atoms with Crippen molar-refractivity contribution in [3.63, 3.8) is 0 Å². The van der Waals surface area contributed by atoms with Crippen LogP contribution in [0.2, 0.25) is 0 Å². The zero-order chi connectivity index (χ0) is 12.7. The van der Waals surface area contributed by atoms with Crippen LogP contribution < -0.4 is 5.32 Å². The minimum absolute atomic E-state index is 0.351. The van der Waals surface area contributed by atoms with Gasteiger partial charge in [0.1, 0.15) is 0 Å². The lowest BCUT2D eigenvalue weighted by atomic mass is 10.0. The average Bonchev–Trinajstić information content (AvgIpc) is 2.28. The molecule has 1 fully saturated rings. The largest absolute Gasteiger partial charge is 0.378 e. The Balaban J connectivity index is 2.09. The van der Waals surface area contributed by atoms with E-state index in [2.05, 4.69) is 26.1 Å². The van der Waals surface area contributed by atoms with E-state index in [1.165, 1.54) is 12.8 Å². The Bertz CT molecular complexity index is 185. The van der Waals surface area contributed by atoms with Gasteiger partial charge in [0.2, 0.25) is 0 Å². The van der Waals surface area contributed by atoms with Crippen LogP contribution >= 0.6 is 0 Å². The Morgan fingerprint density at radius 2 is 1.94 bits per heavy atom. The molecule has 0 radical (unpaired) electrons. The topological polar surface area (TPSA) is 30.5 Å². The van der Waals surface area contributed by atoms with Crippen molar-refractivity contribution in [2.75, 3.05) is 13.7 Å². The van der Waals surface area contributed by atoms with Crippen LogP contribution in [0.4, 0.5) is 0 Å². The SMILES string of the molecule is CCC(CCCOC1CC(C)OC(C)C1)NC. The van der Waals surface area contributed by atoms with Crippen molar-refractivity contribution in [3.05, 3.63) is 0 Å². The molecule has 0 spiro atoms. The molecule has 3 heteroatoms. The van der Waals surface area contributed by atoms with E-state index >= 15 is 0 Å². The summed E-state index contributed by atoms with van der Waals surface area (Å²) in [6.07, 6.45) is 6.77. The first-order chi connectivity index (χ1) is 8.15. The fourth-order valence-electron chi connectivity index (χ4n) is 2.61. The van der Waals surface area contributed by atoms with Crippen LogP contribution in [-0.2, 0) is 9.47 Å². The van der Waals surface area contributed by atoms with E-state index in [0.29, 0.717) is 24.4 Å². The quantitative estimate of drug-likeness (QED) is 0.697. The third-order valence-corrected chi connectivity index (χ3v) is 3.61. The van der Waals surface area contributed by atoms with Gasteiger partial charge in [-0.25, -0.2) is 0 Å². The van der Waals surface area contributed by atoms with Crippen molar-refractivity contribution < 1.29 is 9.47 Å². The van der Waals surface area contributed by atoms with Gasteiger partial charge in [0.25, 0.3) is 0 Å². The van der Waals surface area contributed by atoms with Crippen molar-refractivity contribution in [1.82, 2.24) is 5.32 Å². The third-order valence-electron chi connectivity index (χ3n) is 3.61. The average molecular weight is 243 g/mol. The van der Waals surface area contributed by atoms with Crippen LogP contribution in [0.1, 0.15) is 52.9 Å². The summed E-state index contributed by atoms with van der Waals surface area (Å²) < 4.78 is 11.7. The summed E-state index contributed by atoms with van der Waals surface area (Å²) in [5.74, 6) is 0. The molecule has 0 aromatic heterocycles. The molecule has 1 saturated heterocycles. The van der Waals surface area contributed by atoms with E-state index in [4.69, 9.17) is 9.47 Å². The van der Waals surface area contributed by atoms with Crippen molar-refractivity contribution in [2.24, 2.45) is 0 Å². The van der Waals surface area contributed by atoms with Gasteiger partial charge in [0.05, 0.1) is 18.3 Å². The number of ether oxygens (including phenoxy) is 2. The summed E-state index contributed by atoms with van der Waals surface area (Å²) in [6, 6.07) is 0.645. The molecule has 17 heavy (non-hydrogen) atoms. The molecule has 1 heterocycles. The normalized spacial score (nSPS) is 31.4. The number of hydrogen-bond donors (Lipinski definition) is 1. The van der Waals surface area contributed by atoms with Gasteiger partial charge in [0.15, 0.2) is 0 Å². The van der Waals surface area contributed by atoms with Gasteiger partial charge in [-0.1, -0.05) is 6.92 Å². The number of nitrogens with one attached hydrogen (secondary N) is 1. The molecule has 1 rings (SSSR count). The minimum atomic E-state index is 0.351. The first-order valence-electron chi connectivity index (χ1n) is 7.10. The highest BCUT2D eigenvalue weighted by Gasteiger charge is 2.24. The molecular formula is C14H29NO2. The van der Waals surface area contributed by atoms with E-state index < -0.39 is 0 Å². The maximum Gasteiger partial charge on any atom is 0.0624 e. The van der Waals surface area contributed by atoms with Crippen LogP contribution in [0.5, 0.6) is 0 Å². The third kappa shape index (κ3) is 5.84. The van der Waals surface area contributed by atoms with E-state index in [0.717, 1.165) is 25.9 Å². The molecule has 0 bridgehead atoms. The Morgan fingerprint density at radius 3 is 2.47 bits per heavy atom. The van der Waals surface area contributed by atoms with Crippen molar-refractivity contribution in [3.8, 4) is 0 Å². The molecule has 1 N–H and O–H groups in total. The van der Waals surface area contributed by atoms with Crippen LogP contribution in [0.25, 0.3) is 0 Å². The monoisotopic (exact) mass is 243 g/mol. The molecular weight excluding hydrogens is 214 g/mol. The van der Waals surface area contributed by atoms with Gasteiger partial charge in [-0.3, -0.25) is 0 Å². The lowest BCUT2D eigenvalue weighted by molar-refractivity contribution is -0.102. The molecule has 3 nitrogen and oxygen atoms in total. The summed E-state index contributed by atoms with van der Waals surface area (Å²) in [5, 5.41) is 3.33. The first kappa shape index (κ1) is 14.9. The lowest BCUT2D eigenvalue weighted by Crippen LogP contribution is -2.34. The van der Waals surface area contributed by atoms with Gasteiger partial charge in [0, 0.05) is 12.6 Å². The second-order valence-corrected chi connectivity index (χ2v) is 5.26. The fourth-order valence-corrected chi connectivity index (χ4v) is 2.61. The molecule has 3 atom stereocenters. The summed E-state index contributed by atoms with van der Waals surface area (Å²) in [6.45, 7) is 7.40. The van der Waals surface area contributed by atoms with Crippen molar-refractivity contribution in [2.45, 2.75) is 77.2 Å². The molecule has 3 unspecified atom stereocenters. The second-order valence-electron chi connectivity index (χ2n) is 5.26. The van der Waals surface area contributed by atoms with E-state index in [-0.39, 0.29) is 0 Å². The molecule has 1 aliphatic heterocycles. The highest BCUT2D eigenvalue weighted by molar-refractivity contribution is 4.73. The maximum absolute atomic E-state index is 5.96. The fraction of sp³-hybridized carbons (Fsp3) is 1.00.